The van der Waals surface area contributed by atoms with Crippen molar-refractivity contribution in [1.29, 1.82) is 0 Å². The standard InChI is InChI=1S/C26H25N3O4/c30-13-12-27-15-17-6-4-16(5-7-17)14-18-8-9-21-24-19(18)2-1-3-20(24)26(33)29(21)22-10-11-23(31)28-25(22)32/h1-9,22,27,30H,10-15H2,(H,28,31,32)/t22-/m0/s1. The van der Waals surface area contributed by atoms with Crippen molar-refractivity contribution in [3.05, 3.63) is 76.9 Å². The van der Waals surface area contributed by atoms with E-state index in [2.05, 4.69) is 34.9 Å². The Hall–Kier alpha value is -3.55. The molecule has 0 radical (unpaired) electrons. The highest BCUT2D eigenvalue weighted by Crippen LogP contribution is 2.41. The van der Waals surface area contributed by atoms with Crippen LogP contribution in [0.15, 0.2) is 54.6 Å². The van der Waals surface area contributed by atoms with Crippen molar-refractivity contribution >= 4 is 34.2 Å². The summed E-state index contributed by atoms with van der Waals surface area (Å²) in [6, 6.07) is 17.3. The molecule has 1 atom stereocenters. The topological polar surface area (TPSA) is 98.7 Å². The lowest BCUT2D eigenvalue weighted by molar-refractivity contribution is -0.134. The molecule has 3 aromatic carbocycles. The average molecular weight is 444 g/mol. The highest BCUT2D eigenvalue weighted by molar-refractivity contribution is 6.27. The summed E-state index contributed by atoms with van der Waals surface area (Å²) in [5.41, 5.74) is 4.75. The zero-order valence-electron chi connectivity index (χ0n) is 18.1. The fraction of sp³-hybridized carbons (Fsp3) is 0.269. The zero-order chi connectivity index (χ0) is 22.9. The maximum absolute atomic E-state index is 13.3. The van der Waals surface area contributed by atoms with E-state index >= 15 is 0 Å². The Bertz CT molecular complexity index is 1250. The van der Waals surface area contributed by atoms with Crippen LogP contribution in [-0.4, -0.2) is 42.0 Å². The van der Waals surface area contributed by atoms with Crippen LogP contribution in [0.2, 0.25) is 0 Å². The molecule has 7 nitrogen and oxygen atoms in total. The van der Waals surface area contributed by atoms with Gasteiger partial charge in [0.1, 0.15) is 6.04 Å². The van der Waals surface area contributed by atoms with Crippen molar-refractivity contribution in [3.8, 4) is 0 Å². The number of carbonyl (C=O) groups excluding carboxylic acids is 3. The van der Waals surface area contributed by atoms with Gasteiger partial charge in [0.25, 0.3) is 5.91 Å². The van der Waals surface area contributed by atoms with Gasteiger partial charge in [-0.15, -0.1) is 0 Å². The van der Waals surface area contributed by atoms with Gasteiger partial charge in [-0.2, -0.15) is 0 Å². The fourth-order valence-corrected chi connectivity index (χ4v) is 4.77. The molecule has 5 rings (SSSR count). The third kappa shape index (κ3) is 3.90. The zero-order valence-corrected chi connectivity index (χ0v) is 18.1. The van der Waals surface area contributed by atoms with Crippen molar-refractivity contribution in [2.24, 2.45) is 0 Å². The van der Waals surface area contributed by atoms with Gasteiger partial charge < -0.3 is 10.4 Å². The number of carbonyl (C=O) groups is 3. The van der Waals surface area contributed by atoms with Crippen LogP contribution in [0.3, 0.4) is 0 Å². The summed E-state index contributed by atoms with van der Waals surface area (Å²) < 4.78 is 0. The SMILES string of the molecule is O=C1CC[C@H](N2C(=O)c3cccc4c(Cc5ccc(CNCCO)cc5)ccc2c34)C(=O)N1. The molecule has 2 aliphatic heterocycles. The van der Waals surface area contributed by atoms with E-state index in [4.69, 9.17) is 5.11 Å². The summed E-state index contributed by atoms with van der Waals surface area (Å²) in [4.78, 5) is 38.9. The van der Waals surface area contributed by atoms with E-state index in [0.29, 0.717) is 25.1 Å². The third-order valence-corrected chi connectivity index (χ3v) is 6.37. The number of imide groups is 1. The molecule has 7 heteroatoms. The molecular formula is C26H25N3O4. The first kappa shape index (κ1) is 21.3. The number of rotatable bonds is 7. The minimum atomic E-state index is -0.677. The first-order chi connectivity index (χ1) is 16.1. The Morgan fingerprint density at radius 1 is 1.00 bits per heavy atom. The van der Waals surface area contributed by atoms with Crippen molar-refractivity contribution in [2.75, 3.05) is 18.1 Å². The van der Waals surface area contributed by atoms with Gasteiger partial charge in [-0.3, -0.25) is 24.6 Å². The summed E-state index contributed by atoms with van der Waals surface area (Å²) >= 11 is 0. The van der Waals surface area contributed by atoms with Crippen LogP contribution in [0.5, 0.6) is 0 Å². The number of nitrogens with one attached hydrogen (secondary N) is 2. The van der Waals surface area contributed by atoms with Gasteiger partial charge in [-0.05, 0) is 47.1 Å². The van der Waals surface area contributed by atoms with Gasteiger partial charge in [0.15, 0.2) is 0 Å². The van der Waals surface area contributed by atoms with E-state index in [-0.39, 0.29) is 24.8 Å². The molecule has 168 valence electrons. The molecule has 3 N–H and O–H groups in total. The number of benzene rings is 3. The summed E-state index contributed by atoms with van der Waals surface area (Å²) in [7, 11) is 0. The minimum absolute atomic E-state index is 0.118. The molecule has 0 spiro atoms. The van der Waals surface area contributed by atoms with E-state index in [1.54, 1.807) is 11.0 Å². The molecule has 0 unspecified atom stereocenters. The van der Waals surface area contributed by atoms with Gasteiger partial charge in [-0.1, -0.05) is 42.5 Å². The van der Waals surface area contributed by atoms with Crippen molar-refractivity contribution in [3.63, 3.8) is 0 Å². The quantitative estimate of drug-likeness (QED) is 0.384. The molecular weight excluding hydrogens is 418 g/mol. The molecule has 1 fully saturated rings. The minimum Gasteiger partial charge on any atom is -0.395 e. The number of aliphatic hydroxyl groups excluding tert-OH is 1. The van der Waals surface area contributed by atoms with Gasteiger partial charge in [0.05, 0.1) is 12.3 Å². The van der Waals surface area contributed by atoms with E-state index < -0.39 is 11.9 Å². The lowest BCUT2D eigenvalue weighted by Crippen LogP contribution is -2.53. The number of amides is 3. The second kappa shape index (κ2) is 8.77. The van der Waals surface area contributed by atoms with E-state index in [1.165, 1.54) is 0 Å². The summed E-state index contributed by atoms with van der Waals surface area (Å²) in [6.45, 7) is 1.39. The van der Waals surface area contributed by atoms with E-state index in [1.807, 2.05) is 24.3 Å². The Morgan fingerprint density at radius 3 is 2.55 bits per heavy atom. The smallest absolute Gasteiger partial charge is 0.259 e. The molecule has 0 saturated carbocycles. The van der Waals surface area contributed by atoms with Crippen LogP contribution in [0, 0.1) is 0 Å². The van der Waals surface area contributed by atoms with Crippen LogP contribution in [0.25, 0.3) is 10.8 Å². The van der Waals surface area contributed by atoms with Crippen LogP contribution in [0.1, 0.15) is 39.9 Å². The van der Waals surface area contributed by atoms with Crippen LogP contribution in [0.4, 0.5) is 5.69 Å². The summed E-state index contributed by atoms with van der Waals surface area (Å²) in [6.07, 6.45) is 1.27. The summed E-state index contributed by atoms with van der Waals surface area (Å²) in [5.74, 6) is -0.906. The first-order valence-corrected chi connectivity index (χ1v) is 11.2. The lowest BCUT2D eigenvalue weighted by atomic mass is 9.95. The molecule has 1 saturated heterocycles. The number of hydrogen-bond donors (Lipinski definition) is 3. The van der Waals surface area contributed by atoms with E-state index in [9.17, 15) is 14.4 Å². The largest absolute Gasteiger partial charge is 0.395 e. The summed E-state index contributed by atoms with van der Waals surface area (Å²) in [5, 5.41) is 16.3. The average Bonchev–Trinajstić information content (AvgIpc) is 3.10. The second-order valence-electron chi connectivity index (χ2n) is 8.51. The molecule has 3 aromatic rings. The predicted octanol–water partition coefficient (Wildman–Crippen LogP) is 2.28. The monoisotopic (exact) mass is 443 g/mol. The van der Waals surface area contributed by atoms with Crippen LogP contribution in [-0.2, 0) is 22.6 Å². The van der Waals surface area contributed by atoms with Gasteiger partial charge in [0.2, 0.25) is 11.8 Å². The third-order valence-electron chi connectivity index (χ3n) is 6.37. The van der Waals surface area contributed by atoms with Gasteiger partial charge >= 0.3 is 0 Å². The Kier molecular flexibility index (Phi) is 5.66. The Morgan fingerprint density at radius 2 is 1.79 bits per heavy atom. The second-order valence-corrected chi connectivity index (χ2v) is 8.51. The Labute approximate surface area is 191 Å². The number of hydrogen-bond acceptors (Lipinski definition) is 5. The van der Waals surface area contributed by atoms with Crippen LogP contribution >= 0.6 is 0 Å². The molecule has 3 amide bonds. The molecule has 0 aromatic heterocycles. The fourth-order valence-electron chi connectivity index (χ4n) is 4.77. The first-order valence-electron chi connectivity index (χ1n) is 11.2. The number of aliphatic hydroxyl groups is 1. The lowest BCUT2D eigenvalue weighted by Gasteiger charge is -2.30. The predicted molar refractivity (Wildman–Crippen MR) is 125 cm³/mol. The molecule has 0 bridgehead atoms. The Balaban J connectivity index is 1.45. The molecule has 2 aliphatic rings. The maximum atomic E-state index is 13.3. The molecule has 33 heavy (non-hydrogen) atoms. The highest BCUT2D eigenvalue weighted by Gasteiger charge is 2.40. The van der Waals surface area contributed by atoms with Crippen molar-refractivity contribution < 1.29 is 19.5 Å². The highest BCUT2D eigenvalue weighted by atomic mass is 16.3. The maximum Gasteiger partial charge on any atom is 0.259 e. The van der Waals surface area contributed by atoms with Gasteiger partial charge in [-0.25, -0.2) is 0 Å². The number of piperidine rings is 1. The van der Waals surface area contributed by atoms with Crippen molar-refractivity contribution in [2.45, 2.75) is 31.8 Å². The normalized spacial score (nSPS) is 17.7. The van der Waals surface area contributed by atoms with Gasteiger partial charge in [0, 0.05) is 30.5 Å². The number of nitrogens with zero attached hydrogens (tertiary/aromatic N) is 1. The molecule has 2 heterocycles. The van der Waals surface area contributed by atoms with Crippen molar-refractivity contribution in [1.82, 2.24) is 10.6 Å². The molecule has 0 aliphatic carbocycles. The van der Waals surface area contributed by atoms with E-state index in [0.717, 1.165) is 39.6 Å². The van der Waals surface area contributed by atoms with Crippen LogP contribution < -0.4 is 15.5 Å². The number of anilines is 1.